The van der Waals surface area contributed by atoms with Gasteiger partial charge in [0.1, 0.15) is 35.4 Å². The van der Waals surface area contributed by atoms with Gasteiger partial charge in [-0.15, -0.1) is 0 Å². The Morgan fingerprint density at radius 3 is 2.12 bits per heavy atom. The summed E-state index contributed by atoms with van der Waals surface area (Å²) in [5.41, 5.74) is -3.59. The molecule has 0 radical (unpaired) electrons. The van der Waals surface area contributed by atoms with Crippen LogP contribution < -0.4 is 0 Å². The molecule has 8 heteroatoms. The molecule has 186 valence electrons. The first-order chi connectivity index (χ1) is 19.3. The minimum absolute atomic E-state index is 0.00719. The van der Waals surface area contributed by atoms with Crippen LogP contribution in [0.15, 0.2) is 142 Å². The van der Waals surface area contributed by atoms with Crippen LogP contribution in [0.3, 0.4) is 0 Å². The average molecular weight is 521 g/mol. The fraction of sp³-hybridized carbons (Fsp3) is 0. The SMILES string of the molecule is [C-]#[N+]C1=C(F)/C(=C(/C#N)[N+]#[C-])C2=C1/C(c1ccccc1)=C/C(=C(C#N)C#N)/C(F)=C(C#N)\C=C\2C(=C)/C=C\C=C. The molecule has 1 aromatic carbocycles. The second-order valence-corrected chi connectivity index (χ2v) is 7.93. The maximum atomic E-state index is 16.1. The molecule has 2 aliphatic rings. The molecule has 0 fully saturated rings. The van der Waals surface area contributed by atoms with Crippen molar-refractivity contribution in [1.82, 2.24) is 0 Å². The first kappa shape index (κ1) is 28.0. The Bertz CT molecular complexity index is 1850. The van der Waals surface area contributed by atoms with E-state index in [2.05, 4.69) is 22.8 Å². The second-order valence-electron chi connectivity index (χ2n) is 7.93. The molecule has 0 aliphatic heterocycles. The molecule has 0 heterocycles. The number of nitriles is 4. The van der Waals surface area contributed by atoms with Crippen LogP contribution in [0.4, 0.5) is 8.78 Å². The smallest absolute Gasteiger partial charge is 0.234 e. The Morgan fingerprint density at radius 1 is 0.925 bits per heavy atom. The summed E-state index contributed by atoms with van der Waals surface area (Å²) >= 11 is 0. The van der Waals surface area contributed by atoms with Crippen LogP contribution in [0.1, 0.15) is 5.56 Å². The highest BCUT2D eigenvalue weighted by atomic mass is 19.1. The lowest BCUT2D eigenvalue weighted by atomic mass is 9.85. The summed E-state index contributed by atoms with van der Waals surface area (Å²) < 4.78 is 32.1. The van der Waals surface area contributed by atoms with Crippen LogP contribution >= 0.6 is 0 Å². The fourth-order valence-corrected chi connectivity index (χ4v) is 4.06. The molecule has 0 atom stereocenters. The van der Waals surface area contributed by atoms with Crippen molar-refractivity contribution in [2.24, 2.45) is 0 Å². The monoisotopic (exact) mass is 520 g/mol. The van der Waals surface area contributed by atoms with Gasteiger partial charge >= 0.3 is 0 Å². The largest absolute Gasteiger partial charge is 0.271 e. The molecule has 3 rings (SSSR count). The van der Waals surface area contributed by atoms with Gasteiger partial charge in [0.15, 0.2) is 0 Å². The Kier molecular flexibility index (Phi) is 8.47. The van der Waals surface area contributed by atoms with E-state index in [1.165, 1.54) is 18.2 Å². The zero-order chi connectivity index (χ0) is 29.4. The fourth-order valence-electron chi connectivity index (χ4n) is 4.06. The predicted molar refractivity (Wildman–Crippen MR) is 144 cm³/mol. The molecule has 6 nitrogen and oxygen atoms in total. The van der Waals surface area contributed by atoms with Crippen LogP contribution in [0.2, 0.25) is 0 Å². The van der Waals surface area contributed by atoms with Crippen LogP contribution in [-0.4, -0.2) is 0 Å². The summed E-state index contributed by atoms with van der Waals surface area (Å²) in [5, 5.41) is 38.8. The number of hydrogen-bond donors (Lipinski definition) is 0. The maximum absolute atomic E-state index is 16.1. The molecule has 0 saturated heterocycles. The van der Waals surface area contributed by atoms with Crippen LogP contribution in [0, 0.1) is 58.5 Å². The van der Waals surface area contributed by atoms with Gasteiger partial charge in [-0.3, -0.25) is 0 Å². The number of benzene rings is 1. The highest BCUT2D eigenvalue weighted by molar-refractivity contribution is 5.95. The summed E-state index contributed by atoms with van der Waals surface area (Å²) in [6.45, 7) is 22.8. The highest BCUT2D eigenvalue weighted by Crippen LogP contribution is 2.51. The van der Waals surface area contributed by atoms with Crippen molar-refractivity contribution in [3.8, 4) is 24.3 Å². The van der Waals surface area contributed by atoms with Crippen molar-refractivity contribution >= 4 is 5.57 Å². The van der Waals surface area contributed by atoms with E-state index in [4.69, 9.17) is 13.1 Å². The molecule has 0 amide bonds. The molecule has 0 saturated carbocycles. The topological polar surface area (TPSA) is 104 Å². The van der Waals surface area contributed by atoms with Gasteiger partial charge in [0, 0.05) is 11.1 Å². The standard InChI is InChI=1S/C32H14F2N6/c1-5-6-10-19(2)23-13-21(15-35)30(33)25(22(16-36)17-37)14-24(20-11-8-7-9-12-20)28-27(23)29(26(18-38)39-3)31(34)32(28)40-4/h5-14H,1-2H2/b10-6-,23-13+,24-14+,29-26-,30-21-. The second kappa shape index (κ2) is 12.1. The van der Waals surface area contributed by atoms with Crippen LogP contribution in [-0.2, 0) is 0 Å². The normalized spacial score (nSPS) is 20.4. The van der Waals surface area contributed by atoms with Crippen molar-refractivity contribution in [3.63, 3.8) is 0 Å². The van der Waals surface area contributed by atoms with Gasteiger partial charge in [-0.1, -0.05) is 61.7 Å². The van der Waals surface area contributed by atoms with E-state index in [9.17, 15) is 21.0 Å². The summed E-state index contributed by atoms with van der Waals surface area (Å²) in [6, 6.07) is 14.7. The summed E-state index contributed by atoms with van der Waals surface area (Å²) in [7, 11) is 0. The number of allylic oxidation sites excluding steroid dienone is 16. The third-order valence-corrected chi connectivity index (χ3v) is 5.80. The number of hydrogen-bond acceptors (Lipinski definition) is 4. The van der Waals surface area contributed by atoms with E-state index >= 15 is 8.78 Å². The maximum Gasteiger partial charge on any atom is 0.271 e. The lowest BCUT2D eigenvalue weighted by Gasteiger charge is -2.18. The van der Waals surface area contributed by atoms with Crippen molar-refractivity contribution in [3.05, 3.63) is 170 Å². The van der Waals surface area contributed by atoms with Gasteiger partial charge in [-0.05, 0) is 45.6 Å². The minimum Gasteiger partial charge on any atom is -0.234 e. The van der Waals surface area contributed by atoms with Crippen LogP contribution in [0.5, 0.6) is 0 Å². The number of nitrogens with zero attached hydrogens (tertiary/aromatic N) is 6. The van der Waals surface area contributed by atoms with E-state index < -0.39 is 45.3 Å². The quantitative estimate of drug-likeness (QED) is 0.233. The Morgan fingerprint density at radius 2 is 1.60 bits per heavy atom. The zero-order valence-electron chi connectivity index (χ0n) is 20.6. The molecule has 0 N–H and O–H groups in total. The Labute approximate surface area is 229 Å². The molecule has 0 aromatic heterocycles. The van der Waals surface area contributed by atoms with Crippen molar-refractivity contribution in [1.29, 1.82) is 21.0 Å². The van der Waals surface area contributed by atoms with E-state index in [1.807, 2.05) is 0 Å². The lowest BCUT2D eigenvalue weighted by molar-refractivity contribution is 0.651. The number of rotatable bonds is 4. The van der Waals surface area contributed by atoms with E-state index in [1.54, 1.807) is 54.6 Å². The Hall–Kier alpha value is -6.58. The predicted octanol–water partition coefficient (Wildman–Crippen LogP) is 7.51. The first-order valence-corrected chi connectivity index (χ1v) is 11.2. The average Bonchev–Trinajstić information content (AvgIpc) is 3.28. The Balaban J connectivity index is 2.82. The van der Waals surface area contributed by atoms with E-state index in [0.717, 1.165) is 12.2 Å². The highest BCUT2D eigenvalue weighted by Gasteiger charge is 2.38. The molecule has 0 spiro atoms. The van der Waals surface area contributed by atoms with Gasteiger partial charge in [0.05, 0.1) is 24.8 Å². The van der Waals surface area contributed by atoms with E-state index in [-0.39, 0.29) is 27.9 Å². The van der Waals surface area contributed by atoms with Crippen molar-refractivity contribution in [2.45, 2.75) is 0 Å². The molecule has 2 aliphatic carbocycles. The number of halogens is 2. The van der Waals surface area contributed by atoms with Crippen molar-refractivity contribution < 1.29 is 8.78 Å². The molecule has 40 heavy (non-hydrogen) atoms. The van der Waals surface area contributed by atoms with Crippen LogP contribution in [0.25, 0.3) is 15.3 Å². The first-order valence-electron chi connectivity index (χ1n) is 11.2. The van der Waals surface area contributed by atoms with E-state index in [0.29, 0.717) is 5.56 Å². The molecule has 0 unspecified atom stereocenters. The molecular weight excluding hydrogens is 506 g/mol. The lowest BCUT2D eigenvalue weighted by Crippen LogP contribution is -2.01. The van der Waals surface area contributed by atoms with Gasteiger partial charge in [0.25, 0.3) is 5.70 Å². The van der Waals surface area contributed by atoms with Gasteiger partial charge in [-0.25, -0.2) is 23.7 Å². The minimum atomic E-state index is -1.22. The van der Waals surface area contributed by atoms with Crippen molar-refractivity contribution in [2.75, 3.05) is 0 Å². The van der Waals surface area contributed by atoms with Gasteiger partial charge < -0.3 is 0 Å². The van der Waals surface area contributed by atoms with Gasteiger partial charge in [-0.2, -0.15) is 15.8 Å². The molecular formula is C32H14F2N6. The third-order valence-electron chi connectivity index (χ3n) is 5.80. The zero-order valence-corrected chi connectivity index (χ0v) is 20.6. The summed E-state index contributed by atoms with van der Waals surface area (Å²) in [4.78, 5) is 6.51. The molecule has 0 bridgehead atoms. The summed E-state index contributed by atoms with van der Waals surface area (Å²) in [5.74, 6) is -2.39. The third kappa shape index (κ3) is 4.85. The van der Waals surface area contributed by atoms with Gasteiger partial charge in [0.2, 0.25) is 5.70 Å². The molecule has 1 aromatic rings. The summed E-state index contributed by atoms with van der Waals surface area (Å²) in [6.07, 6.45) is 6.43.